The second-order valence-corrected chi connectivity index (χ2v) is 5.19. The molecule has 8 nitrogen and oxygen atoms in total. The number of ether oxygens (including phenoxy) is 2. The number of methoxy groups -OCH3 is 2. The van der Waals surface area contributed by atoms with Gasteiger partial charge in [0.2, 0.25) is 5.91 Å². The van der Waals surface area contributed by atoms with Gasteiger partial charge in [0.25, 0.3) is 5.91 Å². The van der Waals surface area contributed by atoms with Gasteiger partial charge in [0.05, 0.1) is 20.8 Å². The van der Waals surface area contributed by atoms with Gasteiger partial charge in [0.1, 0.15) is 5.54 Å². The van der Waals surface area contributed by atoms with Gasteiger partial charge in [-0.15, -0.1) is 0 Å². The molecule has 1 aromatic carbocycles. The Kier molecular flexibility index (Phi) is 4.73. The number of carboxylic acids is 1. The Labute approximate surface area is 132 Å². The Morgan fingerprint density at radius 2 is 1.83 bits per heavy atom. The molecule has 2 amide bonds. The summed E-state index contributed by atoms with van der Waals surface area (Å²) in [5.41, 5.74) is -0.861. The summed E-state index contributed by atoms with van der Waals surface area (Å²) in [4.78, 5) is 34.7. The lowest BCUT2D eigenvalue weighted by Gasteiger charge is -2.13. The molecule has 0 unspecified atom stereocenters. The highest BCUT2D eigenvalue weighted by molar-refractivity contribution is 5.98. The Balaban J connectivity index is 1.92. The number of carboxylic acid groups (broad SMARTS) is 1. The smallest absolute Gasteiger partial charge is 0.329 e. The molecule has 2 rings (SSSR count). The quantitative estimate of drug-likeness (QED) is 0.659. The number of nitrogens with one attached hydrogen (secondary N) is 2. The first-order valence-electron chi connectivity index (χ1n) is 6.96. The van der Waals surface area contributed by atoms with Crippen molar-refractivity contribution in [2.75, 3.05) is 20.8 Å². The summed E-state index contributed by atoms with van der Waals surface area (Å²) >= 11 is 0. The number of amides is 2. The van der Waals surface area contributed by atoms with Crippen LogP contribution in [0.2, 0.25) is 0 Å². The normalized spacial score (nSPS) is 14.5. The number of aliphatic carboxylic acids is 1. The average molecular weight is 322 g/mol. The van der Waals surface area contributed by atoms with Crippen LogP contribution < -0.4 is 20.1 Å². The molecule has 0 atom stereocenters. The average Bonchev–Trinajstić information content (AvgIpc) is 3.32. The predicted octanol–water partition coefficient (Wildman–Crippen LogP) is 0.167. The summed E-state index contributed by atoms with van der Waals surface area (Å²) in [5, 5.41) is 13.8. The summed E-state index contributed by atoms with van der Waals surface area (Å²) in [7, 11) is 2.94. The van der Waals surface area contributed by atoms with Crippen LogP contribution >= 0.6 is 0 Å². The minimum atomic E-state index is -1.16. The van der Waals surface area contributed by atoms with Crippen LogP contribution in [0.15, 0.2) is 18.2 Å². The lowest BCUT2D eigenvalue weighted by atomic mass is 10.2. The van der Waals surface area contributed by atoms with E-state index in [0.717, 1.165) is 0 Å². The van der Waals surface area contributed by atoms with Crippen molar-refractivity contribution in [2.45, 2.75) is 18.4 Å². The molecule has 0 aliphatic heterocycles. The van der Waals surface area contributed by atoms with Crippen molar-refractivity contribution in [3.8, 4) is 11.5 Å². The summed E-state index contributed by atoms with van der Waals surface area (Å²) in [6, 6.07) is 4.61. The van der Waals surface area contributed by atoms with Crippen LogP contribution in [-0.4, -0.2) is 49.2 Å². The van der Waals surface area contributed by atoms with Crippen LogP contribution in [0.1, 0.15) is 23.2 Å². The van der Waals surface area contributed by atoms with E-state index in [-0.39, 0.29) is 6.54 Å². The number of carbonyl (C=O) groups excluding carboxylic acids is 2. The standard InChI is InChI=1S/C15H18N2O6/c1-22-10-4-3-9(7-11(10)23-2)13(19)16-8-12(18)17-15(5-6-15)14(20)21/h3-4,7H,5-6,8H2,1-2H3,(H,16,19)(H,17,18)(H,20,21). The fourth-order valence-corrected chi connectivity index (χ4v) is 2.07. The SMILES string of the molecule is COc1ccc(C(=O)NCC(=O)NC2(C(=O)O)CC2)cc1OC. The van der Waals surface area contributed by atoms with Crippen molar-refractivity contribution < 1.29 is 29.0 Å². The van der Waals surface area contributed by atoms with Gasteiger partial charge in [-0.3, -0.25) is 9.59 Å². The van der Waals surface area contributed by atoms with Crippen molar-refractivity contribution >= 4 is 17.8 Å². The van der Waals surface area contributed by atoms with E-state index in [0.29, 0.717) is 29.9 Å². The van der Waals surface area contributed by atoms with E-state index >= 15 is 0 Å². The molecule has 8 heteroatoms. The fraction of sp³-hybridized carbons (Fsp3) is 0.400. The third kappa shape index (κ3) is 3.71. The predicted molar refractivity (Wildman–Crippen MR) is 79.6 cm³/mol. The van der Waals surface area contributed by atoms with Gasteiger partial charge in [-0.05, 0) is 31.0 Å². The van der Waals surface area contributed by atoms with Crippen LogP contribution in [0, 0.1) is 0 Å². The van der Waals surface area contributed by atoms with Gasteiger partial charge < -0.3 is 25.2 Å². The van der Waals surface area contributed by atoms with Crippen molar-refractivity contribution in [1.29, 1.82) is 0 Å². The third-order valence-electron chi connectivity index (χ3n) is 3.59. The highest BCUT2D eigenvalue weighted by Crippen LogP contribution is 2.35. The first-order valence-corrected chi connectivity index (χ1v) is 6.96. The second kappa shape index (κ2) is 6.55. The molecule has 124 valence electrons. The van der Waals surface area contributed by atoms with Gasteiger partial charge in [-0.1, -0.05) is 0 Å². The van der Waals surface area contributed by atoms with Crippen LogP contribution in [0.5, 0.6) is 11.5 Å². The molecule has 23 heavy (non-hydrogen) atoms. The first-order chi connectivity index (χ1) is 10.9. The number of rotatable bonds is 7. The Bertz CT molecular complexity index is 639. The topological polar surface area (TPSA) is 114 Å². The molecule has 1 aliphatic carbocycles. The van der Waals surface area contributed by atoms with E-state index < -0.39 is 23.3 Å². The lowest BCUT2D eigenvalue weighted by molar-refractivity contribution is -0.143. The summed E-state index contributed by atoms with van der Waals surface area (Å²) in [5.74, 6) is -1.19. The number of benzene rings is 1. The van der Waals surface area contributed by atoms with E-state index in [1.54, 1.807) is 6.07 Å². The van der Waals surface area contributed by atoms with Crippen LogP contribution in [-0.2, 0) is 9.59 Å². The maximum absolute atomic E-state index is 12.0. The molecular weight excluding hydrogens is 304 g/mol. The zero-order valence-electron chi connectivity index (χ0n) is 12.8. The summed E-state index contributed by atoms with van der Waals surface area (Å²) in [6.45, 7) is -0.303. The minimum Gasteiger partial charge on any atom is -0.493 e. The molecule has 0 heterocycles. The van der Waals surface area contributed by atoms with Gasteiger partial charge >= 0.3 is 5.97 Å². The van der Waals surface area contributed by atoms with Crippen molar-refractivity contribution in [1.82, 2.24) is 10.6 Å². The molecule has 0 aromatic heterocycles. The maximum Gasteiger partial charge on any atom is 0.329 e. The van der Waals surface area contributed by atoms with Crippen molar-refractivity contribution in [2.24, 2.45) is 0 Å². The summed E-state index contributed by atoms with van der Waals surface area (Å²) < 4.78 is 10.2. The lowest BCUT2D eigenvalue weighted by Crippen LogP contribution is -2.47. The van der Waals surface area contributed by atoms with Crippen molar-refractivity contribution in [3.63, 3.8) is 0 Å². The molecule has 1 aliphatic rings. The molecule has 3 N–H and O–H groups in total. The maximum atomic E-state index is 12.0. The van der Waals surface area contributed by atoms with Gasteiger partial charge in [-0.2, -0.15) is 0 Å². The van der Waals surface area contributed by atoms with Crippen molar-refractivity contribution in [3.05, 3.63) is 23.8 Å². The van der Waals surface area contributed by atoms with Gasteiger partial charge in [0.15, 0.2) is 11.5 Å². The van der Waals surface area contributed by atoms with Crippen LogP contribution in [0.25, 0.3) is 0 Å². The molecular formula is C15H18N2O6. The minimum absolute atomic E-state index is 0.301. The fourth-order valence-electron chi connectivity index (χ4n) is 2.07. The molecule has 1 aromatic rings. The van der Waals surface area contributed by atoms with E-state index in [1.165, 1.54) is 26.4 Å². The second-order valence-electron chi connectivity index (χ2n) is 5.19. The summed E-state index contributed by atoms with van der Waals surface area (Å²) in [6.07, 6.45) is 0.801. The highest BCUT2D eigenvalue weighted by atomic mass is 16.5. The molecule has 0 saturated heterocycles. The van der Waals surface area contributed by atoms with E-state index in [2.05, 4.69) is 10.6 Å². The molecule has 1 fully saturated rings. The molecule has 1 saturated carbocycles. The van der Waals surface area contributed by atoms with E-state index in [1.807, 2.05) is 0 Å². The van der Waals surface area contributed by atoms with Gasteiger partial charge in [0, 0.05) is 5.56 Å². The Morgan fingerprint density at radius 3 is 2.35 bits per heavy atom. The molecule has 0 spiro atoms. The largest absolute Gasteiger partial charge is 0.493 e. The van der Waals surface area contributed by atoms with Gasteiger partial charge in [-0.25, -0.2) is 4.79 Å². The van der Waals surface area contributed by atoms with E-state index in [9.17, 15) is 14.4 Å². The Morgan fingerprint density at radius 1 is 1.17 bits per heavy atom. The monoisotopic (exact) mass is 322 g/mol. The molecule has 0 bridgehead atoms. The van der Waals surface area contributed by atoms with E-state index in [4.69, 9.17) is 14.6 Å². The highest BCUT2D eigenvalue weighted by Gasteiger charge is 2.51. The number of carbonyl (C=O) groups is 3. The van der Waals surface area contributed by atoms with Crippen LogP contribution in [0.3, 0.4) is 0 Å². The third-order valence-corrected chi connectivity index (χ3v) is 3.59. The van der Waals surface area contributed by atoms with Crippen LogP contribution in [0.4, 0.5) is 0 Å². The number of hydrogen-bond acceptors (Lipinski definition) is 5. The number of hydrogen-bond donors (Lipinski definition) is 3. The molecule has 0 radical (unpaired) electrons. The first kappa shape index (κ1) is 16.6. The Hall–Kier alpha value is -2.77. The zero-order chi connectivity index (χ0) is 17.0. The zero-order valence-corrected chi connectivity index (χ0v) is 12.8.